The van der Waals surface area contributed by atoms with Gasteiger partial charge >= 0.3 is 0 Å². The van der Waals surface area contributed by atoms with Gasteiger partial charge in [0.15, 0.2) is 0 Å². The van der Waals surface area contributed by atoms with E-state index in [0.717, 1.165) is 28.9 Å². The third-order valence-electron chi connectivity index (χ3n) is 3.98. The highest BCUT2D eigenvalue weighted by molar-refractivity contribution is 5.96. The predicted octanol–water partition coefficient (Wildman–Crippen LogP) is 6.21. The number of nitrogens with one attached hydrogen (secondary N) is 1. The number of ether oxygens (including phenoxy) is 1. The van der Waals surface area contributed by atoms with Crippen molar-refractivity contribution in [3.63, 3.8) is 0 Å². The van der Waals surface area contributed by atoms with Crippen LogP contribution in [0.25, 0.3) is 0 Å². The van der Waals surface area contributed by atoms with E-state index in [2.05, 4.69) is 31.2 Å². The Bertz CT molecular complexity index is 810. The number of aryl methyl sites for hydroxylation is 2. The van der Waals surface area contributed by atoms with Crippen molar-refractivity contribution in [2.45, 2.75) is 33.8 Å². The Kier molecular flexibility index (Phi) is 7.63. The molecular formula is C24H27NO. The monoisotopic (exact) mass is 345 g/mol. The highest BCUT2D eigenvalue weighted by Crippen LogP contribution is 2.18. The molecule has 0 aliphatic heterocycles. The molecule has 0 spiro atoms. The van der Waals surface area contributed by atoms with Crippen LogP contribution in [0.1, 0.15) is 36.1 Å². The third-order valence-corrected chi connectivity index (χ3v) is 3.98. The molecule has 26 heavy (non-hydrogen) atoms. The quantitative estimate of drug-likeness (QED) is 0.548. The van der Waals surface area contributed by atoms with Crippen molar-refractivity contribution in [2.24, 2.45) is 0 Å². The van der Waals surface area contributed by atoms with E-state index in [9.17, 15) is 0 Å². The number of hydrogen-bond acceptors (Lipinski definition) is 2. The van der Waals surface area contributed by atoms with Crippen molar-refractivity contribution in [2.75, 3.05) is 0 Å². The van der Waals surface area contributed by atoms with Gasteiger partial charge in [-0.2, -0.15) is 0 Å². The van der Waals surface area contributed by atoms with Gasteiger partial charge in [0.1, 0.15) is 12.4 Å². The third kappa shape index (κ3) is 6.56. The maximum Gasteiger partial charge on any atom is 0.120 e. The smallest absolute Gasteiger partial charge is 0.120 e. The van der Waals surface area contributed by atoms with E-state index in [1.165, 1.54) is 5.56 Å². The molecular weight excluding hydrogens is 318 g/mol. The highest BCUT2D eigenvalue weighted by Gasteiger charge is 2.02. The summed E-state index contributed by atoms with van der Waals surface area (Å²) in [4.78, 5) is 0. The van der Waals surface area contributed by atoms with Crippen LogP contribution >= 0.6 is 0 Å². The molecule has 1 N–H and O–H groups in total. The molecule has 0 amide bonds. The minimum absolute atomic E-state index is 0.556. The molecule has 0 radical (unpaired) electrons. The van der Waals surface area contributed by atoms with Crippen LogP contribution in [0.5, 0.6) is 5.75 Å². The van der Waals surface area contributed by atoms with Gasteiger partial charge in [-0.05, 0) is 60.7 Å². The van der Waals surface area contributed by atoms with Crippen LogP contribution in [0.15, 0.2) is 78.9 Å². The van der Waals surface area contributed by atoms with Gasteiger partial charge < -0.3 is 10.1 Å². The van der Waals surface area contributed by atoms with Crippen LogP contribution in [0.3, 0.4) is 0 Å². The average molecular weight is 345 g/mol. The lowest BCUT2D eigenvalue weighted by molar-refractivity contribution is 0.306. The fraction of sp³-hybridized carbons (Fsp3) is 0.208. The maximum absolute atomic E-state index is 7.67. The Balaban J connectivity index is 0.000000254. The van der Waals surface area contributed by atoms with Crippen LogP contribution in [0.2, 0.25) is 0 Å². The second kappa shape index (κ2) is 10.2. The van der Waals surface area contributed by atoms with E-state index in [1.807, 2.05) is 61.5 Å². The fourth-order valence-corrected chi connectivity index (χ4v) is 2.50. The molecule has 0 unspecified atom stereocenters. The minimum atomic E-state index is 0.556. The van der Waals surface area contributed by atoms with E-state index < -0.39 is 0 Å². The van der Waals surface area contributed by atoms with E-state index in [-0.39, 0.29) is 0 Å². The SMILES string of the molecule is CC(=N)c1cc(C)cc(OCc2ccccc2)c1.CCc1ccccc1. The molecule has 3 aromatic rings. The van der Waals surface area contributed by atoms with Crippen molar-refractivity contribution in [1.82, 2.24) is 0 Å². The second-order valence-corrected chi connectivity index (χ2v) is 6.27. The van der Waals surface area contributed by atoms with Gasteiger partial charge in [0.25, 0.3) is 0 Å². The van der Waals surface area contributed by atoms with E-state index in [4.69, 9.17) is 10.1 Å². The van der Waals surface area contributed by atoms with Crippen LogP contribution < -0.4 is 4.74 Å². The zero-order valence-corrected chi connectivity index (χ0v) is 15.8. The second-order valence-electron chi connectivity index (χ2n) is 6.27. The molecule has 0 heterocycles. The first kappa shape index (κ1) is 19.5. The maximum atomic E-state index is 7.67. The normalized spacial score (nSPS) is 9.81. The molecule has 3 rings (SSSR count). The zero-order valence-electron chi connectivity index (χ0n) is 15.8. The van der Waals surface area contributed by atoms with Crippen molar-refractivity contribution in [3.05, 3.63) is 101 Å². The highest BCUT2D eigenvalue weighted by atomic mass is 16.5. The van der Waals surface area contributed by atoms with E-state index in [0.29, 0.717) is 12.3 Å². The summed E-state index contributed by atoms with van der Waals surface area (Å²) < 4.78 is 5.77. The predicted molar refractivity (Wildman–Crippen MR) is 110 cm³/mol. The van der Waals surface area contributed by atoms with Crippen LogP contribution in [0.4, 0.5) is 0 Å². The summed E-state index contributed by atoms with van der Waals surface area (Å²) in [7, 11) is 0. The van der Waals surface area contributed by atoms with Crippen LogP contribution in [-0.4, -0.2) is 5.71 Å². The number of hydrogen-bond donors (Lipinski definition) is 1. The van der Waals surface area contributed by atoms with Crippen molar-refractivity contribution in [3.8, 4) is 5.75 Å². The fourth-order valence-electron chi connectivity index (χ4n) is 2.50. The number of benzene rings is 3. The summed E-state index contributed by atoms with van der Waals surface area (Å²) in [5.74, 6) is 0.820. The van der Waals surface area contributed by atoms with Gasteiger partial charge in [-0.1, -0.05) is 67.6 Å². The molecule has 0 bridgehead atoms. The van der Waals surface area contributed by atoms with Gasteiger partial charge in [-0.15, -0.1) is 0 Å². The van der Waals surface area contributed by atoms with Gasteiger partial charge in [-0.3, -0.25) is 0 Å². The van der Waals surface area contributed by atoms with Gasteiger partial charge in [0.2, 0.25) is 0 Å². The van der Waals surface area contributed by atoms with Gasteiger partial charge in [-0.25, -0.2) is 0 Å². The lowest BCUT2D eigenvalue weighted by Crippen LogP contribution is -1.98. The lowest BCUT2D eigenvalue weighted by Gasteiger charge is -2.09. The molecule has 134 valence electrons. The summed E-state index contributed by atoms with van der Waals surface area (Å²) in [5.41, 5.74) is 5.14. The summed E-state index contributed by atoms with van der Waals surface area (Å²) in [6.07, 6.45) is 1.14. The van der Waals surface area contributed by atoms with Crippen molar-refractivity contribution >= 4 is 5.71 Å². The molecule has 0 aliphatic carbocycles. The molecule has 3 aromatic carbocycles. The molecule has 2 heteroatoms. The first-order valence-electron chi connectivity index (χ1n) is 8.96. The van der Waals surface area contributed by atoms with Gasteiger partial charge in [0.05, 0.1) is 0 Å². The zero-order chi connectivity index (χ0) is 18.8. The van der Waals surface area contributed by atoms with E-state index in [1.54, 1.807) is 6.92 Å². The Hall–Kier alpha value is -2.87. The van der Waals surface area contributed by atoms with Crippen LogP contribution in [0, 0.1) is 12.3 Å². The summed E-state index contributed by atoms with van der Waals surface area (Å²) in [5, 5.41) is 7.67. The minimum Gasteiger partial charge on any atom is -0.489 e. The molecule has 2 nitrogen and oxygen atoms in total. The molecule has 0 saturated heterocycles. The molecule has 0 atom stereocenters. The van der Waals surface area contributed by atoms with Crippen molar-refractivity contribution in [1.29, 1.82) is 5.41 Å². The molecule has 0 fully saturated rings. The standard InChI is InChI=1S/C16H17NO.C8H10/c1-12-8-15(13(2)17)10-16(9-12)18-11-14-6-4-3-5-7-14;1-2-8-6-4-3-5-7-8/h3-10,17H,11H2,1-2H3;3-7H,2H2,1H3. The Labute approximate surface area is 157 Å². The summed E-state index contributed by atoms with van der Waals surface area (Å²) in [6, 6.07) is 26.4. The lowest BCUT2D eigenvalue weighted by atomic mass is 10.1. The molecule has 0 aromatic heterocycles. The largest absolute Gasteiger partial charge is 0.489 e. The number of rotatable bonds is 5. The first-order chi connectivity index (χ1) is 12.6. The average Bonchev–Trinajstić information content (AvgIpc) is 2.68. The summed E-state index contributed by atoms with van der Waals surface area (Å²) in [6.45, 7) is 6.52. The summed E-state index contributed by atoms with van der Waals surface area (Å²) >= 11 is 0. The van der Waals surface area contributed by atoms with E-state index >= 15 is 0 Å². The Morgan fingerprint density at radius 2 is 1.42 bits per heavy atom. The first-order valence-corrected chi connectivity index (χ1v) is 8.96. The van der Waals surface area contributed by atoms with Crippen LogP contribution in [-0.2, 0) is 13.0 Å². The topological polar surface area (TPSA) is 33.1 Å². The van der Waals surface area contributed by atoms with Crippen molar-refractivity contribution < 1.29 is 4.74 Å². The Morgan fingerprint density at radius 1 is 0.846 bits per heavy atom. The molecule has 0 saturated carbocycles. The Morgan fingerprint density at radius 3 is 1.92 bits per heavy atom. The molecule has 0 aliphatic rings. The van der Waals surface area contributed by atoms with Gasteiger partial charge in [0, 0.05) is 5.71 Å².